The van der Waals surface area contributed by atoms with Crippen LogP contribution in [0.25, 0.3) is 0 Å². The fourth-order valence-corrected chi connectivity index (χ4v) is 1.72. The Labute approximate surface area is 121 Å². The Morgan fingerprint density at radius 2 is 1.85 bits per heavy atom. The molecule has 4 nitrogen and oxygen atoms in total. The number of aryl methyl sites for hydroxylation is 2. The maximum Gasteiger partial charge on any atom is 0.280 e. The van der Waals surface area contributed by atoms with E-state index in [4.69, 9.17) is 4.74 Å². The molecule has 1 rings (SSSR count). The Hall–Kier alpha value is -1.84. The van der Waals surface area contributed by atoms with Crippen LogP contribution in [0.1, 0.15) is 38.3 Å². The van der Waals surface area contributed by atoms with Crippen molar-refractivity contribution in [3.63, 3.8) is 0 Å². The van der Waals surface area contributed by atoms with Crippen LogP contribution in [0.4, 0.5) is 0 Å². The van der Waals surface area contributed by atoms with E-state index >= 15 is 0 Å². The lowest BCUT2D eigenvalue weighted by Gasteiger charge is -2.14. The third kappa shape index (κ3) is 5.87. The van der Waals surface area contributed by atoms with Gasteiger partial charge in [0.1, 0.15) is 5.75 Å². The second-order valence-corrected chi connectivity index (χ2v) is 5.50. The predicted molar refractivity (Wildman–Crippen MR) is 82.1 cm³/mol. The fraction of sp³-hybridized carbons (Fsp3) is 0.500. The average Bonchev–Trinajstić information content (AvgIpc) is 2.32. The van der Waals surface area contributed by atoms with Gasteiger partial charge in [-0.1, -0.05) is 19.9 Å². The quantitative estimate of drug-likeness (QED) is 0.640. The van der Waals surface area contributed by atoms with Crippen LogP contribution in [0, 0.1) is 19.8 Å². The van der Waals surface area contributed by atoms with E-state index in [0.29, 0.717) is 11.7 Å². The predicted octanol–water partition coefficient (Wildman–Crippen LogP) is 3.22. The molecule has 1 N–H and O–H groups in total. The zero-order valence-corrected chi connectivity index (χ0v) is 12.9. The number of carbonyl (C=O) groups is 1. The SMILES string of the molecule is Cc1cc(C)cc(O[C@H](C)C(=O)N/N=C\CC(C)C)c1. The molecule has 0 unspecified atom stereocenters. The van der Waals surface area contributed by atoms with Gasteiger partial charge in [-0.15, -0.1) is 0 Å². The molecule has 110 valence electrons. The lowest BCUT2D eigenvalue weighted by molar-refractivity contribution is -0.127. The molecule has 1 amide bonds. The number of hydrogen-bond acceptors (Lipinski definition) is 3. The minimum atomic E-state index is -0.576. The van der Waals surface area contributed by atoms with Crippen molar-refractivity contribution in [2.45, 2.75) is 47.1 Å². The highest BCUT2D eigenvalue weighted by Gasteiger charge is 2.14. The number of ether oxygens (including phenoxy) is 1. The van der Waals surface area contributed by atoms with Crippen LogP contribution in [-0.4, -0.2) is 18.2 Å². The number of carbonyl (C=O) groups excluding carboxylic acids is 1. The first-order chi connectivity index (χ1) is 9.38. The largest absolute Gasteiger partial charge is 0.481 e. The van der Waals surface area contributed by atoms with Crippen LogP contribution < -0.4 is 10.2 Å². The molecule has 1 atom stereocenters. The number of rotatable bonds is 6. The van der Waals surface area contributed by atoms with Gasteiger partial charge in [0.2, 0.25) is 0 Å². The van der Waals surface area contributed by atoms with E-state index in [2.05, 4.69) is 30.4 Å². The second kappa shape index (κ2) is 7.68. The van der Waals surface area contributed by atoms with Crippen LogP contribution in [0.15, 0.2) is 23.3 Å². The summed E-state index contributed by atoms with van der Waals surface area (Å²) in [7, 11) is 0. The van der Waals surface area contributed by atoms with Crippen molar-refractivity contribution in [2.75, 3.05) is 0 Å². The van der Waals surface area contributed by atoms with Crippen molar-refractivity contribution in [3.05, 3.63) is 29.3 Å². The number of hydrazone groups is 1. The smallest absolute Gasteiger partial charge is 0.280 e. The highest BCUT2D eigenvalue weighted by molar-refractivity contribution is 5.81. The summed E-state index contributed by atoms with van der Waals surface area (Å²) in [6.45, 7) is 9.91. The van der Waals surface area contributed by atoms with Crippen molar-refractivity contribution in [3.8, 4) is 5.75 Å². The van der Waals surface area contributed by atoms with Gasteiger partial charge in [0.15, 0.2) is 6.10 Å². The maximum absolute atomic E-state index is 11.8. The first-order valence-corrected chi connectivity index (χ1v) is 6.95. The van der Waals surface area contributed by atoms with Crippen molar-refractivity contribution < 1.29 is 9.53 Å². The van der Waals surface area contributed by atoms with Crippen molar-refractivity contribution in [1.29, 1.82) is 0 Å². The molecule has 0 aromatic heterocycles. The van der Waals surface area contributed by atoms with E-state index in [0.717, 1.165) is 17.5 Å². The highest BCUT2D eigenvalue weighted by atomic mass is 16.5. The molecule has 0 radical (unpaired) electrons. The second-order valence-electron chi connectivity index (χ2n) is 5.50. The normalized spacial score (nSPS) is 12.7. The first kappa shape index (κ1) is 16.2. The Morgan fingerprint density at radius 3 is 2.40 bits per heavy atom. The average molecular weight is 276 g/mol. The number of benzene rings is 1. The molecule has 20 heavy (non-hydrogen) atoms. The Kier molecular flexibility index (Phi) is 6.22. The van der Waals surface area contributed by atoms with Gasteiger partial charge >= 0.3 is 0 Å². The van der Waals surface area contributed by atoms with E-state index in [1.54, 1.807) is 13.1 Å². The molecule has 0 aliphatic carbocycles. The number of hydrogen-bond donors (Lipinski definition) is 1. The molecule has 0 aliphatic heterocycles. The molecule has 0 aliphatic rings. The topological polar surface area (TPSA) is 50.7 Å². The summed E-state index contributed by atoms with van der Waals surface area (Å²) in [6, 6.07) is 5.89. The van der Waals surface area contributed by atoms with Crippen LogP contribution in [0.5, 0.6) is 5.75 Å². The van der Waals surface area contributed by atoms with Crippen LogP contribution in [0.3, 0.4) is 0 Å². The van der Waals surface area contributed by atoms with E-state index < -0.39 is 6.10 Å². The van der Waals surface area contributed by atoms with E-state index in [1.807, 2.05) is 26.0 Å². The lowest BCUT2D eigenvalue weighted by atomic mass is 10.1. The van der Waals surface area contributed by atoms with Gasteiger partial charge in [0.05, 0.1) is 0 Å². The van der Waals surface area contributed by atoms with Gasteiger partial charge in [-0.3, -0.25) is 4.79 Å². The molecule has 0 spiro atoms. The van der Waals surface area contributed by atoms with E-state index in [9.17, 15) is 4.79 Å². The summed E-state index contributed by atoms with van der Waals surface area (Å²) in [4.78, 5) is 11.8. The Morgan fingerprint density at radius 1 is 1.25 bits per heavy atom. The molecule has 0 saturated carbocycles. The van der Waals surface area contributed by atoms with E-state index in [1.165, 1.54) is 0 Å². The zero-order valence-electron chi connectivity index (χ0n) is 12.9. The molecule has 0 bridgehead atoms. The Bertz CT molecular complexity index is 461. The third-order valence-corrected chi connectivity index (χ3v) is 2.72. The van der Waals surface area contributed by atoms with Crippen LogP contribution >= 0.6 is 0 Å². The Balaban J connectivity index is 2.51. The van der Waals surface area contributed by atoms with Gasteiger partial charge in [-0.05, 0) is 56.4 Å². The molecule has 4 heteroatoms. The summed E-state index contributed by atoms with van der Waals surface area (Å²) in [5.41, 5.74) is 4.72. The lowest BCUT2D eigenvalue weighted by Crippen LogP contribution is -2.33. The monoisotopic (exact) mass is 276 g/mol. The molecule has 0 fully saturated rings. The molecule has 0 heterocycles. The zero-order chi connectivity index (χ0) is 15.1. The van der Waals surface area contributed by atoms with E-state index in [-0.39, 0.29) is 5.91 Å². The van der Waals surface area contributed by atoms with Gasteiger partial charge < -0.3 is 4.74 Å². The summed E-state index contributed by atoms with van der Waals surface area (Å²) in [6.07, 6.45) is 1.98. The van der Waals surface area contributed by atoms with Crippen molar-refractivity contribution in [2.24, 2.45) is 11.0 Å². The molecular formula is C16H24N2O2. The third-order valence-electron chi connectivity index (χ3n) is 2.72. The minimum absolute atomic E-state index is 0.246. The summed E-state index contributed by atoms with van der Waals surface area (Å²) in [5.74, 6) is 0.986. The van der Waals surface area contributed by atoms with Crippen LogP contribution in [0.2, 0.25) is 0 Å². The standard InChI is InChI=1S/C16H24N2O2/c1-11(2)6-7-17-18-16(19)14(5)20-15-9-12(3)8-13(4)10-15/h7-11,14H,6H2,1-5H3,(H,18,19)/b17-7-/t14-/m1/s1. The molecule has 1 aromatic carbocycles. The fourth-order valence-electron chi connectivity index (χ4n) is 1.72. The summed E-state index contributed by atoms with van der Waals surface area (Å²) in [5, 5.41) is 3.90. The van der Waals surface area contributed by atoms with Gasteiger partial charge in [-0.25, -0.2) is 5.43 Å². The summed E-state index contributed by atoms with van der Waals surface area (Å²) >= 11 is 0. The van der Waals surface area contributed by atoms with Crippen molar-refractivity contribution >= 4 is 12.1 Å². The van der Waals surface area contributed by atoms with Gasteiger partial charge in [0, 0.05) is 6.21 Å². The molecule has 1 aromatic rings. The first-order valence-electron chi connectivity index (χ1n) is 6.95. The molecule has 0 saturated heterocycles. The highest BCUT2D eigenvalue weighted by Crippen LogP contribution is 2.17. The number of nitrogens with one attached hydrogen (secondary N) is 1. The van der Waals surface area contributed by atoms with Crippen LogP contribution in [-0.2, 0) is 4.79 Å². The number of amides is 1. The molecular weight excluding hydrogens is 252 g/mol. The maximum atomic E-state index is 11.8. The van der Waals surface area contributed by atoms with Gasteiger partial charge in [-0.2, -0.15) is 5.10 Å². The van der Waals surface area contributed by atoms with Crippen molar-refractivity contribution in [1.82, 2.24) is 5.43 Å². The van der Waals surface area contributed by atoms with Gasteiger partial charge in [0.25, 0.3) is 5.91 Å². The number of nitrogens with zero attached hydrogens (tertiary/aromatic N) is 1. The summed E-state index contributed by atoms with van der Waals surface area (Å²) < 4.78 is 5.63. The minimum Gasteiger partial charge on any atom is -0.481 e.